The Balaban J connectivity index is 2.94. The van der Waals surface area contributed by atoms with Crippen molar-refractivity contribution >= 4 is 23.3 Å². The van der Waals surface area contributed by atoms with Gasteiger partial charge in [0.2, 0.25) is 0 Å². The van der Waals surface area contributed by atoms with Crippen molar-refractivity contribution in [3.8, 4) is 0 Å². The second kappa shape index (κ2) is 5.84. The number of pyridine rings is 1. The summed E-state index contributed by atoms with van der Waals surface area (Å²) in [7, 11) is 3.31. The highest BCUT2D eigenvalue weighted by molar-refractivity contribution is 6.33. The van der Waals surface area contributed by atoms with E-state index in [0.717, 1.165) is 0 Å². The van der Waals surface area contributed by atoms with Crippen LogP contribution in [-0.4, -0.2) is 47.6 Å². The molecule has 94 valence electrons. The van der Waals surface area contributed by atoms with Gasteiger partial charge >= 0.3 is 0 Å². The first kappa shape index (κ1) is 13.7. The number of hydrogen-bond donors (Lipinski definition) is 2. The molecule has 0 aliphatic heterocycles. The number of aromatic nitrogens is 1. The summed E-state index contributed by atoms with van der Waals surface area (Å²) >= 11 is 5.93. The molecule has 1 rings (SSSR count). The van der Waals surface area contributed by atoms with Crippen molar-refractivity contribution in [2.75, 3.05) is 26.0 Å². The molecule has 5 nitrogen and oxygen atoms in total. The summed E-state index contributed by atoms with van der Waals surface area (Å²) in [5, 5.41) is 12.4. The second-order valence-corrected chi connectivity index (χ2v) is 4.22. The van der Waals surface area contributed by atoms with E-state index in [9.17, 15) is 9.90 Å². The number of amides is 1. The summed E-state index contributed by atoms with van der Waals surface area (Å²) in [4.78, 5) is 17.5. The van der Waals surface area contributed by atoms with Crippen molar-refractivity contribution < 1.29 is 9.90 Å². The van der Waals surface area contributed by atoms with Gasteiger partial charge in [0, 0.05) is 20.6 Å². The van der Waals surface area contributed by atoms with E-state index in [1.807, 2.05) is 0 Å². The summed E-state index contributed by atoms with van der Waals surface area (Å²) in [5.74, 6) is 0.260. The summed E-state index contributed by atoms with van der Waals surface area (Å²) in [6.07, 6.45) is -0.588. The van der Waals surface area contributed by atoms with Crippen LogP contribution in [0.4, 0.5) is 5.82 Å². The van der Waals surface area contributed by atoms with Crippen LogP contribution in [-0.2, 0) is 0 Å². The van der Waals surface area contributed by atoms with Gasteiger partial charge in [-0.1, -0.05) is 11.6 Å². The van der Waals surface area contributed by atoms with Crippen molar-refractivity contribution in [1.82, 2.24) is 9.88 Å². The Kier molecular flexibility index (Phi) is 4.72. The molecule has 1 amide bonds. The van der Waals surface area contributed by atoms with E-state index in [-0.39, 0.29) is 18.1 Å². The number of nitrogens with zero attached hydrogens (tertiary/aromatic N) is 2. The zero-order valence-corrected chi connectivity index (χ0v) is 10.8. The Morgan fingerprint density at radius 1 is 1.65 bits per heavy atom. The lowest BCUT2D eigenvalue weighted by molar-refractivity contribution is 0.0698. The maximum Gasteiger partial charge on any atom is 0.273 e. The Hall–Kier alpha value is -1.33. The van der Waals surface area contributed by atoms with Gasteiger partial charge < -0.3 is 15.3 Å². The lowest BCUT2D eigenvalue weighted by atomic mass is 10.3. The summed E-state index contributed by atoms with van der Waals surface area (Å²) in [5.41, 5.74) is 0.182. The Labute approximate surface area is 105 Å². The standard InChI is InChI=1S/C11H16ClN3O2/c1-7(16)6-15(3)11(17)10-8(12)4-5-9(13-2)14-10/h4-5,7,16H,6H2,1-3H3,(H,13,14). The number of anilines is 1. The van der Waals surface area contributed by atoms with Crippen LogP contribution < -0.4 is 5.32 Å². The van der Waals surface area contributed by atoms with Crippen molar-refractivity contribution in [1.29, 1.82) is 0 Å². The molecule has 0 fully saturated rings. The van der Waals surface area contributed by atoms with Crippen LogP contribution in [0.1, 0.15) is 17.4 Å². The Morgan fingerprint density at radius 2 is 2.29 bits per heavy atom. The molecule has 2 N–H and O–H groups in total. The Morgan fingerprint density at radius 3 is 2.82 bits per heavy atom. The molecular weight excluding hydrogens is 242 g/mol. The molecule has 1 unspecified atom stereocenters. The van der Waals surface area contributed by atoms with Crippen LogP contribution in [0, 0.1) is 0 Å². The number of carbonyl (C=O) groups excluding carboxylic acids is 1. The lowest BCUT2D eigenvalue weighted by Crippen LogP contribution is -2.33. The maximum absolute atomic E-state index is 12.0. The van der Waals surface area contributed by atoms with Gasteiger partial charge in [-0.05, 0) is 19.1 Å². The first-order valence-corrected chi connectivity index (χ1v) is 5.61. The largest absolute Gasteiger partial charge is 0.392 e. The van der Waals surface area contributed by atoms with E-state index in [1.165, 1.54) is 4.90 Å². The van der Waals surface area contributed by atoms with Crippen molar-refractivity contribution in [3.05, 3.63) is 22.8 Å². The number of rotatable bonds is 4. The average molecular weight is 258 g/mol. The molecule has 1 heterocycles. The van der Waals surface area contributed by atoms with E-state index in [1.54, 1.807) is 33.2 Å². The molecule has 0 saturated carbocycles. The molecular formula is C11H16ClN3O2. The van der Waals surface area contributed by atoms with Crippen LogP contribution in [0.2, 0.25) is 5.02 Å². The third kappa shape index (κ3) is 3.57. The van der Waals surface area contributed by atoms with Gasteiger partial charge in [-0.2, -0.15) is 0 Å². The van der Waals surface area contributed by atoms with Gasteiger partial charge in [0.25, 0.3) is 5.91 Å². The molecule has 0 radical (unpaired) electrons. The number of likely N-dealkylation sites (N-methyl/N-ethyl adjacent to an activating group) is 1. The monoisotopic (exact) mass is 257 g/mol. The van der Waals surface area contributed by atoms with Gasteiger partial charge in [-0.15, -0.1) is 0 Å². The van der Waals surface area contributed by atoms with Crippen LogP contribution in [0.25, 0.3) is 0 Å². The molecule has 1 aromatic heterocycles. The molecule has 0 saturated heterocycles. The molecule has 1 aromatic rings. The Bertz CT molecular complexity index is 410. The highest BCUT2D eigenvalue weighted by Crippen LogP contribution is 2.17. The highest BCUT2D eigenvalue weighted by atomic mass is 35.5. The fourth-order valence-corrected chi connectivity index (χ4v) is 1.58. The van der Waals surface area contributed by atoms with Gasteiger partial charge in [-0.25, -0.2) is 4.98 Å². The average Bonchev–Trinajstić information content (AvgIpc) is 2.28. The van der Waals surface area contributed by atoms with Gasteiger partial charge in [0.05, 0.1) is 11.1 Å². The van der Waals surface area contributed by atoms with Gasteiger partial charge in [0.1, 0.15) is 11.5 Å². The van der Waals surface area contributed by atoms with E-state index in [4.69, 9.17) is 11.6 Å². The number of halogens is 1. The van der Waals surface area contributed by atoms with Crippen molar-refractivity contribution in [3.63, 3.8) is 0 Å². The second-order valence-electron chi connectivity index (χ2n) is 3.81. The van der Waals surface area contributed by atoms with Crippen molar-refractivity contribution in [2.45, 2.75) is 13.0 Å². The normalized spacial score (nSPS) is 12.1. The first-order chi connectivity index (χ1) is 7.95. The topological polar surface area (TPSA) is 65.5 Å². The minimum atomic E-state index is -0.588. The minimum Gasteiger partial charge on any atom is -0.392 e. The molecule has 0 aromatic carbocycles. The van der Waals surface area contributed by atoms with Gasteiger partial charge in [0.15, 0.2) is 0 Å². The van der Waals surface area contributed by atoms with E-state index in [2.05, 4.69) is 10.3 Å². The smallest absolute Gasteiger partial charge is 0.273 e. The number of carbonyl (C=O) groups is 1. The maximum atomic E-state index is 12.0. The molecule has 1 atom stereocenters. The van der Waals surface area contributed by atoms with E-state index in [0.29, 0.717) is 10.8 Å². The van der Waals surface area contributed by atoms with Crippen molar-refractivity contribution in [2.24, 2.45) is 0 Å². The molecule has 0 aliphatic carbocycles. The predicted octanol–water partition coefficient (Wildman–Crippen LogP) is 1.23. The summed E-state index contributed by atoms with van der Waals surface area (Å²) < 4.78 is 0. The molecule has 0 aliphatic rings. The summed E-state index contributed by atoms with van der Waals surface area (Å²) in [6, 6.07) is 3.30. The number of aliphatic hydroxyl groups excluding tert-OH is 1. The summed E-state index contributed by atoms with van der Waals surface area (Å²) in [6.45, 7) is 1.85. The molecule has 0 spiro atoms. The molecule has 0 bridgehead atoms. The fraction of sp³-hybridized carbons (Fsp3) is 0.455. The highest BCUT2D eigenvalue weighted by Gasteiger charge is 2.18. The van der Waals surface area contributed by atoms with Crippen LogP contribution in [0.5, 0.6) is 0 Å². The van der Waals surface area contributed by atoms with Crippen LogP contribution >= 0.6 is 11.6 Å². The number of nitrogens with one attached hydrogen (secondary N) is 1. The third-order valence-electron chi connectivity index (χ3n) is 2.19. The SMILES string of the molecule is CNc1ccc(Cl)c(C(=O)N(C)CC(C)O)n1. The molecule has 17 heavy (non-hydrogen) atoms. The fourth-order valence-electron chi connectivity index (χ4n) is 1.39. The lowest BCUT2D eigenvalue weighted by Gasteiger charge is -2.19. The number of aliphatic hydroxyl groups is 1. The molecule has 6 heteroatoms. The quantitative estimate of drug-likeness (QED) is 0.852. The van der Waals surface area contributed by atoms with Gasteiger partial charge in [-0.3, -0.25) is 4.79 Å². The first-order valence-electron chi connectivity index (χ1n) is 5.23. The number of hydrogen-bond acceptors (Lipinski definition) is 4. The minimum absolute atomic E-state index is 0.182. The van der Waals surface area contributed by atoms with Crippen LogP contribution in [0.15, 0.2) is 12.1 Å². The van der Waals surface area contributed by atoms with Crippen LogP contribution in [0.3, 0.4) is 0 Å². The zero-order valence-electron chi connectivity index (χ0n) is 10.1. The predicted molar refractivity (Wildman–Crippen MR) is 67.4 cm³/mol. The third-order valence-corrected chi connectivity index (χ3v) is 2.49. The van der Waals surface area contributed by atoms with E-state index >= 15 is 0 Å². The van der Waals surface area contributed by atoms with E-state index < -0.39 is 6.10 Å². The zero-order chi connectivity index (χ0) is 13.0.